The van der Waals surface area contributed by atoms with Gasteiger partial charge in [-0.15, -0.1) is 17.8 Å². The van der Waals surface area contributed by atoms with Crippen molar-refractivity contribution in [3.8, 4) is 18.1 Å². The SMILES string of the molecule is C#CCOc1c(I)cc(/C=N\NC(=O)c2cc3cc([N+](=O)[O-])ccc3s2)cc1I. The molecule has 1 aromatic heterocycles. The Morgan fingerprint density at radius 1 is 1.31 bits per heavy atom. The smallest absolute Gasteiger partial charge is 0.281 e. The molecule has 1 amide bonds. The van der Waals surface area contributed by atoms with Crippen molar-refractivity contribution in [2.75, 3.05) is 6.61 Å². The number of carbonyl (C=O) groups excluding carboxylic acids is 1. The summed E-state index contributed by atoms with van der Waals surface area (Å²) in [4.78, 5) is 23.2. The summed E-state index contributed by atoms with van der Waals surface area (Å²) in [5.41, 5.74) is 3.25. The van der Waals surface area contributed by atoms with Crippen LogP contribution in [-0.4, -0.2) is 23.7 Å². The van der Waals surface area contributed by atoms with Gasteiger partial charge in [0.05, 0.1) is 23.2 Å². The van der Waals surface area contributed by atoms with Gasteiger partial charge in [0.2, 0.25) is 0 Å². The summed E-state index contributed by atoms with van der Waals surface area (Å²) >= 11 is 5.54. The van der Waals surface area contributed by atoms with E-state index in [4.69, 9.17) is 11.2 Å². The first-order chi connectivity index (χ1) is 13.9. The first-order valence-electron chi connectivity index (χ1n) is 7.95. The van der Waals surface area contributed by atoms with E-state index in [2.05, 4.69) is 61.6 Å². The number of carbonyl (C=O) groups is 1. The number of hydrazone groups is 1. The number of nitro groups is 1. The summed E-state index contributed by atoms with van der Waals surface area (Å²) in [7, 11) is 0. The van der Waals surface area contributed by atoms with E-state index in [1.807, 2.05) is 12.1 Å². The molecule has 7 nitrogen and oxygen atoms in total. The molecule has 29 heavy (non-hydrogen) atoms. The van der Waals surface area contributed by atoms with E-state index < -0.39 is 4.92 Å². The number of nitrogens with zero attached hydrogens (tertiary/aromatic N) is 2. The molecule has 0 bridgehead atoms. The monoisotopic (exact) mass is 631 g/mol. The molecule has 2 aromatic carbocycles. The number of hydrogen-bond donors (Lipinski definition) is 1. The maximum Gasteiger partial charge on any atom is 0.281 e. The third kappa shape index (κ3) is 5.22. The van der Waals surface area contributed by atoms with Crippen LogP contribution in [0.1, 0.15) is 15.2 Å². The molecule has 0 unspecified atom stereocenters. The van der Waals surface area contributed by atoms with Crippen LogP contribution in [0.3, 0.4) is 0 Å². The third-order valence-electron chi connectivity index (χ3n) is 3.63. The van der Waals surface area contributed by atoms with Crippen LogP contribution in [0, 0.1) is 29.6 Å². The first-order valence-corrected chi connectivity index (χ1v) is 10.9. The van der Waals surface area contributed by atoms with Gasteiger partial charge < -0.3 is 4.74 Å². The highest BCUT2D eigenvalue weighted by Gasteiger charge is 2.13. The summed E-state index contributed by atoms with van der Waals surface area (Å²) in [5.74, 6) is 2.76. The first kappa shape index (κ1) is 21.5. The molecule has 0 saturated carbocycles. The van der Waals surface area contributed by atoms with E-state index in [1.165, 1.54) is 29.7 Å². The second-order valence-electron chi connectivity index (χ2n) is 5.60. The number of nitrogens with one attached hydrogen (secondary N) is 1. The van der Waals surface area contributed by atoms with E-state index >= 15 is 0 Å². The molecule has 10 heteroatoms. The average Bonchev–Trinajstić information content (AvgIpc) is 3.10. The summed E-state index contributed by atoms with van der Waals surface area (Å²) in [5, 5.41) is 15.5. The molecule has 146 valence electrons. The highest BCUT2D eigenvalue weighted by molar-refractivity contribution is 14.1. The van der Waals surface area contributed by atoms with Crippen molar-refractivity contribution in [3.63, 3.8) is 0 Å². The van der Waals surface area contributed by atoms with Gasteiger partial charge in [0.1, 0.15) is 12.4 Å². The Hall–Kier alpha value is -2.24. The summed E-state index contributed by atoms with van der Waals surface area (Å²) in [6, 6.07) is 9.83. The van der Waals surface area contributed by atoms with E-state index in [0.717, 1.165) is 17.4 Å². The topological polar surface area (TPSA) is 93.8 Å². The lowest BCUT2D eigenvalue weighted by Crippen LogP contribution is -2.16. The maximum absolute atomic E-state index is 12.3. The van der Waals surface area contributed by atoms with Crippen LogP contribution in [0.2, 0.25) is 0 Å². The van der Waals surface area contributed by atoms with Gasteiger partial charge in [0.25, 0.3) is 11.6 Å². The minimum absolute atomic E-state index is 0.0147. The van der Waals surface area contributed by atoms with Crippen LogP contribution in [0.25, 0.3) is 10.1 Å². The number of thiophene rings is 1. The van der Waals surface area contributed by atoms with Gasteiger partial charge in [0, 0.05) is 22.2 Å². The fraction of sp³-hybridized carbons (Fsp3) is 0.0526. The molecule has 0 radical (unpaired) electrons. The number of hydrogen-bond acceptors (Lipinski definition) is 6. The van der Waals surface area contributed by atoms with Crippen LogP contribution >= 0.6 is 56.5 Å². The minimum Gasteiger partial charge on any atom is -0.479 e. The Bertz CT molecular complexity index is 1160. The van der Waals surface area contributed by atoms with Crippen LogP contribution in [0.15, 0.2) is 41.5 Å². The zero-order chi connectivity index (χ0) is 21.0. The standard InChI is InChI=1S/C19H11I2N3O4S/c1-2-5-28-18-14(20)6-11(7-15(18)21)10-22-23-19(25)17-9-12-8-13(24(26)27)3-4-16(12)29-17/h1,3-4,6-10H,5H2,(H,23,25)/b22-10-. The fourth-order valence-electron chi connectivity index (χ4n) is 2.38. The number of benzene rings is 2. The highest BCUT2D eigenvalue weighted by Crippen LogP contribution is 2.29. The van der Waals surface area contributed by atoms with Crippen molar-refractivity contribution in [3.05, 3.63) is 64.1 Å². The molecule has 0 saturated heterocycles. The normalized spacial score (nSPS) is 10.8. The molecule has 1 heterocycles. The van der Waals surface area contributed by atoms with Crippen molar-refractivity contribution in [2.24, 2.45) is 5.10 Å². The molecule has 1 N–H and O–H groups in total. The highest BCUT2D eigenvalue weighted by atomic mass is 127. The van der Waals surface area contributed by atoms with Crippen molar-refractivity contribution >= 4 is 84.4 Å². The Morgan fingerprint density at radius 3 is 2.69 bits per heavy atom. The molecule has 3 rings (SSSR count). The Labute approximate surface area is 197 Å². The van der Waals surface area contributed by atoms with Crippen molar-refractivity contribution in [2.45, 2.75) is 0 Å². The Kier molecular flexibility index (Phi) is 7.04. The molecular weight excluding hydrogens is 620 g/mol. The Morgan fingerprint density at radius 2 is 2.03 bits per heavy atom. The molecule has 0 spiro atoms. The van der Waals surface area contributed by atoms with Crippen LogP contribution in [0.5, 0.6) is 5.75 Å². The number of terminal acetylenes is 1. The van der Waals surface area contributed by atoms with Gasteiger partial charge in [-0.2, -0.15) is 5.10 Å². The number of halogens is 2. The summed E-state index contributed by atoms with van der Waals surface area (Å²) in [6.07, 6.45) is 6.76. The zero-order valence-electron chi connectivity index (χ0n) is 14.5. The van der Waals surface area contributed by atoms with Crippen LogP contribution in [-0.2, 0) is 0 Å². The summed E-state index contributed by atoms with van der Waals surface area (Å²) in [6.45, 7) is 0.188. The fourth-order valence-corrected chi connectivity index (χ4v) is 5.44. The molecule has 0 atom stereocenters. The van der Waals surface area contributed by atoms with Crippen LogP contribution < -0.4 is 10.2 Å². The second kappa shape index (κ2) is 9.51. The zero-order valence-corrected chi connectivity index (χ0v) is 19.6. The Balaban J connectivity index is 1.72. The van der Waals surface area contributed by atoms with Gasteiger partial charge in [-0.25, -0.2) is 5.43 Å². The predicted molar refractivity (Wildman–Crippen MR) is 130 cm³/mol. The van der Waals surface area contributed by atoms with Gasteiger partial charge in [-0.1, -0.05) is 5.92 Å². The lowest BCUT2D eigenvalue weighted by Gasteiger charge is -2.08. The largest absolute Gasteiger partial charge is 0.479 e. The van der Waals surface area contributed by atoms with Gasteiger partial charge in [0.15, 0.2) is 0 Å². The van der Waals surface area contributed by atoms with Gasteiger partial charge in [-0.3, -0.25) is 14.9 Å². The number of amides is 1. The minimum atomic E-state index is -0.466. The summed E-state index contributed by atoms with van der Waals surface area (Å²) < 4.78 is 8.06. The predicted octanol–water partition coefficient (Wildman–Crippen LogP) is 4.79. The molecule has 0 aliphatic carbocycles. The second-order valence-corrected chi connectivity index (χ2v) is 9.00. The molecule has 3 aromatic rings. The van der Waals surface area contributed by atoms with Gasteiger partial charge in [-0.05, 0) is 75.0 Å². The number of fused-ring (bicyclic) bond motifs is 1. The number of rotatable bonds is 6. The number of nitro benzene ring substituents is 1. The average molecular weight is 631 g/mol. The lowest BCUT2D eigenvalue weighted by atomic mass is 10.2. The maximum atomic E-state index is 12.3. The van der Waals surface area contributed by atoms with Crippen molar-refractivity contribution in [1.82, 2.24) is 5.43 Å². The van der Waals surface area contributed by atoms with E-state index in [1.54, 1.807) is 12.1 Å². The van der Waals surface area contributed by atoms with Crippen LogP contribution in [0.4, 0.5) is 5.69 Å². The number of ether oxygens (including phenoxy) is 1. The third-order valence-corrected chi connectivity index (χ3v) is 6.35. The molecule has 0 aliphatic rings. The quantitative estimate of drug-likeness (QED) is 0.139. The number of non-ortho nitro benzene ring substituents is 1. The molecule has 0 aliphatic heterocycles. The van der Waals surface area contributed by atoms with Crippen molar-refractivity contribution < 1.29 is 14.5 Å². The lowest BCUT2D eigenvalue weighted by molar-refractivity contribution is -0.384. The van der Waals surface area contributed by atoms with Gasteiger partial charge >= 0.3 is 0 Å². The molecular formula is C19H11I2N3O4S. The van der Waals surface area contributed by atoms with Crippen molar-refractivity contribution in [1.29, 1.82) is 0 Å². The molecule has 0 fully saturated rings. The van der Waals surface area contributed by atoms with E-state index in [9.17, 15) is 14.9 Å². The van der Waals surface area contributed by atoms with E-state index in [-0.39, 0.29) is 18.2 Å². The van der Waals surface area contributed by atoms with E-state index in [0.29, 0.717) is 16.0 Å².